The van der Waals surface area contributed by atoms with Crippen LogP contribution < -0.4 is 9.64 Å². The SMILES string of the molecule is CC(C)(C)c1ccc(N(c2cccc(Oc3ccc4c5ccccc5n5ncnc5c4c3)c2)c2ccccn2)cc1. The summed E-state index contributed by atoms with van der Waals surface area (Å²) in [5, 5.41) is 7.70. The summed E-state index contributed by atoms with van der Waals surface area (Å²) in [7, 11) is 0. The molecule has 0 aliphatic rings. The Bertz CT molecular complexity index is 2010. The largest absolute Gasteiger partial charge is 0.457 e. The zero-order valence-electron chi connectivity index (χ0n) is 23.2. The molecule has 0 amide bonds. The summed E-state index contributed by atoms with van der Waals surface area (Å²) >= 11 is 0. The van der Waals surface area contributed by atoms with Crippen molar-refractivity contribution in [3.05, 3.63) is 127 Å². The molecule has 0 atom stereocenters. The average molecular weight is 536 g/mol. The molecule has 3 aromatic heterocycles. The fourth-order valence-electron chi connectivity index (χ4n) is 5.33. The predicted octanol–water partition coefficient (Wildman–Crippen LogP) is 8.99. The highest BCUT2D eigenvalue weighted by molar-refractivity contribution is 6.11. The number of rotatable bonds is 5. The predicted molar refractivity (Wildman–Crippen MR) is 166 cm³/mol. The Balaban J connectivity index is 1.28. The van der Waals surface area contributed by atoms with Crippen LogP contribution in [0.4, 0.5) is 17.2 Å². The zero-order chi connectivity index (χ0) is 28.0. The molecule has 0 bridgehead atoms. The van der Waals surface area contributed by atoms with E-state index in [0.29, 0.717) is 0 Å². The van der Waals surface area contributed by atoms with Crippen molar-refractivity contribution in [2.45, 2.75) is 26.2 Å². The molecule has 0 spiro atoms. The van der Waals surface area contributed by atoms with Crippen LogP contribution in [0.25, 0.3) is 27.3 Å². The summed E-state index contributed by atoms with van der Waals surface area (Å²) in [6, 6.07) is 37.1. The van der Waals surface area contributed by atoms with Gasteiger partial charge in [0.2, 0.25) is 0 Å². The molecule has 3 heterocycles. The molecular formula is C35H29N5O. The van der Waals surface area contributed by atoms with Crippen LogP contribution in [0.1, 0.15) is 26.3 Å². The Kier molecular flexibility index (Phi) is 5.89. The van der Waals surface area contributed by atoms with E-state index in [1.165, 1.54) is 5.56 Å². The third-order valence-electron chi connectivity index (χ3n) is 7.38. The van der Waals surface area contributed by atoms with Gasteiger partial charge in [-0.3, -0.25) is 4.90 Å². The highest BCUT2D eigenvalue weighted by Crippen LogP contribution is 2.38. The van der Waals surface area contributed by atoms with Gasteiger partial charge in [0, 0.05) is 28.7 Å². The lowest BCUT2D eigenvalue weighted by Crippen LogP contribution is -2.13. The Hall–Kier alpha value is -5.23. The molecular weight excluding hydrogens is 506 g/mol. The Morgan fingerprint density at radius 2 is 1.46 bits per heavy atom. The van der Waals surface area contributed by atoms with Crippen molar-refractivity contribution in [2.24, 2.45) is 0 Å². The lowest BCUT2D eigenvalue weighted by atomic mass is 9.87. The van der Waals surface area contributed by atoms with Crippen molar-refractivity contribution in [2.75, 3.05) is 4.90 Å². The minimum atomic E-state index is 0.0757. The van der Waals surface area contributed by atoms with E-state index in [4.69, 9.17) is 4.74 Å². The van der Waals surface area contributed by atoms with Crippen LogP contribution in [0.15, 0.2) is 122 Å². The number of hydrogen-bond donors (Lipinski definition) is 0. The number of pyridine rings is 2. The number of aromatic nitrogens is 4. The van der Waals surface area contributed by atoms with E-state index < -0.39 is 0 Å². The highest BCUT2D eigenvalue weighted by Gasteiger charge is 2.18. The summed E-state index contributed by atoms with van der Waals surface area (Å²) in [5.41, 5.74) is 5.17. The van der Waals surface area contributed by atoms with Gasteiger partial charge in [-0.25, -0.2) is 14.5 Å². The molecule has 0 unspecified atom stereocenters. The minimum Gasteiger partial charge on any atom is -0.457 e. The zero-order valence-corrected chi connectivity index (χ0v) is 23.2. The van der Waals surface area contributed by atoms with Crippen LogP contribution in [-0.2, 0) is 5.41 Å². The molecule has 41 heavy (non-hydrogen) atoms. The average Bonchev–Trinajstić information content (AvgIpc) is 3.49. The van der Waals surface area contributed by atoms with Crippen LogP contribution in [0.5, 0.6) is 11.5 Å². The molecule has 0 fully saturated rings. The van der Waals surface area contributed by atoms with Crippen LogP contribution in [-0.4, -0.2) is 19.6 Å². The summed E-state index contributed by atoms with van der Waals surface area (Å²) in [6.45, 7) is 6.67. The highest BCUT2D eigenvalue weighted by atomic mass is 16.5. The number of hydrogen-bond acceptors (Lipinski definition) is 5. The van der Waals surface area contributed by atoms with Crippen molar-refractivity contribution in [3.8, 4) is 11.5 Å². The standard InChI is InChI=1S/C35H29N5O/c1-35(2,3)24-14-16-25(17-15-24)39(33-13-6-7-20-36-33)26-9-8-10-27(21-26)41-28-18-19-29-30-11-4-5-12-32(30)40-34(31(29)22-28)37-23-38-40/h4-23H,1-3H3. The van der Waals surface area contributed by atoms with Gasteiger partial charge in [-0.1, -0.05) is 63.2 Å². The van der Waals surface area contributed by atoms with Crippen LogP contribution in [0, 0.1) is 0 Å². The topological polar surface area (TPSA) is 55.6 Å². The van der Waals surface area contributed by atoms with Gasteiger partial charge in [-0.2, -0.15) is 5.10 Å². The molecule has 0 N–H and O–H groups in total. The third kappa shape index (κ3) is 4.53. The Morgan fingerprint density at radius 3 is 2.27 bits per heavy atom. The molecule has 6 heteroatoms. The molecule has 0 aliphatic carbocycles. The van der Waals surface area contributed by atoms with E-state index in [1.54, 1.807) is 6.33 Å². The molecule has 0 aliphatic heterocycles. The summed E-state index contributed by atoms with van der Waals surface area (Å²) in [6.07, 6.45) is 3.41. The van der Waals surface area contributed by atoms with E-state index in [1.807, 2.05) is 71.4 Å². The molecule has 0 saturated heterocycles. The first-order chi connectivity index (χ1) is 20.0. The van der Waals surface area contributed by atoms with Crippen LogP contribution >= 0.6 is 0 Å². The maximum Gasteiger partial charge on any atom is 0.163 e. The van der Waals surface area contributed by atoms with E-state index in [9.17, 15) is 0 Å². The monoisotopic (exact) mass is 535 g/mol. The summed E-state index contributed by atoms with van der Waals surface area (Å²) in [5.74, 6) is 2.29. The lowest BCUT2D eigenvalue weighted by molar-refractivity contribution is 0.483. The first kappa shape index (κ1) is 24.8. The maximum absolute atomic E-state index is 6.45. The first-order valence-corrected chi connectivity index (χ1v) is 13.7. The minimum absolute atomic E-state index is 0.0757. The number of anilines is 3. The number of ether oxygens (including phenoxy) is 1. The Labute approximate surface area is 238 Å². The molecule has 7 aromatic rings. The molecule has 0 radical (unpaired) electrons. The number of nitrogens with zero attached hydrogens (tertiary/aromatic N) is 5. The number of para-hydroxylation sites is 1. The van der Waals surface area contributed by atoms with Crippen molar-refractivity contribution in [3.63, 3.8) is 0 Å². The van der Waals surface area contributed by atoms with Crippen LogP contribution in [0.2, 0.25) is 0 Å². The smallest absolute Gasteiger partial charge is 0.163 e. The third-order valence-corrected chi connectivity index (χ3v) is 7.38. The fourth-order valence-corrected chi connectivity index (χ4v) is 5.33. The van der Waals surface area contributed by atoms with Gasteiger partial charge in [-0.15, -0.1) is 0 Å². The van der Waals surface area contributed by atoms with Gasteiger partial charge >= 0.3 is 0 Å². The van der Waals surface area contributed by atoms with Crippen LogP contribution in [0.3, 0.4) is 0 Å². The van der Waals surface area contributed by atoms with Gasteiger partial charge < -0.3 is 4.74 Å². The first-order valence-electron chi connectivity index (χ1n) is 13.7. The van der Waals surface area contributed by atoms with E-state index in [0.717, 1.165) is 56.0 Å². The normalized spacial score (nSPS) is 11.8. The van der Waals surface area contributed by atoms with Gasteiger partial charge in [0.15, 0.2) is 5.65 Å². The maximum atomic E-state index is 6.45. The number of fused-ring (bicyclic) bond motifs is 6. The fraction of sp³-hybridized carbons (Fsp3) is 0.114. The van der Waals surface area contributed by atoms with Gasteiger partial charge in [-0.05, 0) is 77.0 Å². The second-order valence-electron chi connectivity index (χ2n) is 11.1. The molecule has 6 nitrogen and oxygen atoms in total. The molecule has 4 aromatic carbocycles. The second kappa shape index (κ2) is 9.75. The van der Waals surface area contributed by atoms with Crippen molar-refractivity contribution >= 4 is 44.5 Å². The number of benzene rings is 4. The second-order valence-corrected chi connectivity index (χ2v) is 11.1. The van der Waals surface area contributed by atoms with E-state index in [2.05, 4.69) is 89.3 Å². The van der Waals surface area contributed by atoms with Crippen molar-refractivity contribution in [1.29, 1.82) is 0 Å². The summed E-state index contributed by atoms with van der Waals surface area (Å²) in [4.78, 5) is 11.4. The van der Waals surface area contributed by atoms with E-state index in [-0.39, 0.29) is 5.41 Å². The molecule has 0 saturated carbocycles. The van der Waals surface area contributed by atoms with Gasteiger partial charge in [0.25, 0.3) is 0 Å². The van der Waals surface area contributed by atoms with Gasteiger partial charge in [0.05, 0.1) is 11.2 Å². The van der Waals surface area contributed by atoms with Gasteiger partial charge in [0.1, 0.15) is 23.6 Å². The quantitative estimate of drug-likeness (QED) is 0.206. The van der Waals surface area contributed by atoms with E-state index >= 15 is 0 Å². The Morgan fingerprint density at radius 1 is 0.659 bits per heavy atom. The summed E-state index contributed by atoms with van der Waals surface area (Å²) < 4.78 is 8.33. The molecule has 7 rings (SSSR count). The lowest BCUT2D eigenvalue weighted by Gasteiger charge is -2.26. The molecule has 200 valence electrons. The van der Waals surface area contributed by atoms with Crippen molar-refractivity contribution in [1.82, 2.24) is 19.6 Å². The van der Waals surface area contributed by atoms with Crippen molar-refractivity contribution < 1.29 is 4.74 Å².